The van der Waals surface area contributed by atoms with E-state index in [0.717, 1.165) is 5.56 Å². The number of rotatable bonds is 5. The van der Waals surface area contributed by atoms with E-state index in [1.54, 1.807) is 19.9 Å². The molecule has 2 N–H and O–H groups in total. The van der Waals surface area contributed by atoms with Gasteiger partial charge in [-0.15, -0.1) is 0 Å². The molecule has 0 fully saturated rings. The monoisotopic (exact) mass is 298 g/mol. The summed E-state index contributed by atoms with van der Waals surface area (Å²) < 4.78 is 26.2. The van der Waals surface area contributed by atoms with Gasteiger partial charge in [0.25, 0.3) is 5.91 Å². The van der Waals surface area contributed by atoms with Crippen molar-refractivity contribution in [1.82, 2.24) is 10.0 Å². The molecule has 0 heterocycles. The zero-order valence-electron chi connectivity index (χ0n) is 12.6. The Hall–Kier alpha value is -1.40. The minimum atomic E-state index is -3.57. The molecule has 1 rings (SSSR count). The van der Waals surface area contributed by atoms with Crippen molar-refractivity contribution in [2.45, 2.75) is 32.6 Å². The van der Waals surface area contributed by atoms with Gasteiger partial charge in [0.05, 0.1) is 4.90 Å². The summed E-state index contributed by atoms with van der Waals surface area (Å²) in [5.74, 6) is 0.0837. The van der Waals surface area contributed by atoms with Gasteiger partial charge in [-0.3, -0.25) is 4.79 Å². The van der Waals surface area contributed by atoms with Crippen molar-refractivity contribution in [3.63, 3.8) is 0 Å². The zero-order valence-corrected chi connectivity index (χ0v) is 13.4. The van der Waals surface area contributed by atoms with Crippen LogP contribution in [0.3, 0.4) is 0 Å². The normalized spacial score (nSPS) is 11.7. The Morgan fingerprint density at radius 1 is 1.25 bits per heavy atom. The van der Waals surface area contributed by atoms with E-state index in [4.69, 9.17) is 0 Å². The van der Waals surface area contributed by atoms with Crippen LogP contribution < -0.4 is 10.0 Å². The Labute approximate surface area is 120 Å². The smallest absolute Gasteiger partial charge is 0.251 e. The summed E-state index contributed by atoms with van der Waals surface area (Å²) in [6, 6.07) is 3.13. The van der Waals surface area contributed by atoms with Gasteiger partial charge in [-0.1, -0.05) is 13.8 Å². The van der Waals surface area contributed by atoms with Gasteiger partial charge < -0.3 is 5.32 Å². The van der Waals surface area contributed by atoms with Gasteiger partial charge in [0, 0.05) is 12.1 Å². The SMILES string of the molecule is CNS(=O)(=O)c1cc(C(=O)NCC(C)C)cc(C)c1C. The maximum Gasteiger partial charge on any atom is 0.251 e. The fourth-order valence-electron chi connectivity index (χ4n) is 1.75. The van der Waals surface area contributed by atoms with Crippen molar-refractivity contribution >= 4 is 15.9 Å². The Morgan fingerprint density at radius 3 is 2.35 bits per heavy atom. The highest BCUT2D eigenvalue weighted by Gasteiger charge is 2.19. The molecule has 0 saturated carbocycles. The van der Waals surface area contributed by atoms with Crippen LogP contribution in [-0.4, -0.2) is 27.9 Å². The first-order valence-corrected chi connectivity index (χ1v) is 8.00. The summed E-state index contributed by atoms with van der Waals surface area (Å²) in [7, 11) is -2.21. The van der Waals surface area contributed by atoms with E-state index in [2.05, 4.69) is 10.0 Å². The number of hydrogen-bond donors (Lipinski definition) is 2. The van der Waals surface area contributed by atoms with Crippen LogP contribution in [0.5, 0.6) is 0 Å². The molecule has 1 amide bonds. The average Bonchev–Trinajstić information content (AvgIpc) is 2.38. The van der Waals surface area contributed by atoms with E-state index in [1.165, 1.54) is 13.1 Å². The van der Waals surface area contributed by atoms with Crippen LogP contribution in [-0.2, 0) is 10.0 Å². The molecule has 6 heteroatoms. The fourth-order valence-corrected chi connectivity index (χ4v) is 2.81. The van der Waals surface area contributed by atoms with Gasteiger partial charge in [0.2, 0.25) is 10.0 Å². The summed E-state index contributed by atoms with van der Waals surface area (Å²) in [5.41, 5.74) is 1.79. The molecule has 0 aliphatic carbocycles. The molecule has 0 atom stereocenters. The van der Waals surface area contributed by atoms with Crippen LogP contribution in [0.2, 0.25) is 0 Å². The van der Waals surface area contributed by atoms with E-state index in [-0.39, 0.29) is 10.8 Å². The molecule has 0 aromatic heterocycles. The Morgan fingerprint density at radius 2 is 1.85 bits per heavy atom. The van der Waals surface area contributed by atoms with Crippen LogP contribution in [0, 0.1) is 19.8 Å². The maximum atomic E-state index is 12.1. The van der Waals surface area contributed by atoms with Gasteiger partial charge in [-0.25, -0.2) is 13.1 Å². The molecule has 20 heavy (non-hydrogen) atoms. The summed E-state index contributed by atoms with van der Waals surface area (Å²) in [6.07, 6.45) is 0. The number of benzene rings is 1. The molecule has 0 aliphatic heterocycles. The third kappa shape index (κ3) is 3.80. The fraction of sp³-hybridized carbons (Fsp3) is 0.500. The van der Waals surface area contributed by atoms with Crippen molar-refractivity contribution in [2.75, 3.05) is 13.6 Å². The first kappa shape index (κ1) is 16.7. The molecule has 0 spiro atoms. The van der Waals surface area contributed by atoms with Gasteiger partial charge in [0.15, 0.2) is 0 Å². The predicted octanol–water partition coefficient (Wildman–Crippen LogP) is 1.60. The van der Waals surface area contributed by atoms with Crippen LogP contribution in [0.1, 0.15) is 35.3 Å². The van der Waals surface area contributed by atoms with E-state index in [1.807, 2.05) is 13.8 Å². The zero-order chi connectivity index (χ0) is 15.5. The number of aryl methyl sites for hydroxylation is 1. The lowest BCUT2D eigenvalue weighted by atomic mass is 10.1. The quantitative estimate of drug-likeness (QED) is 0.867. The van der Waals surface area contributed by atoms with Gasteiger partial charge in [0.1, 0.15) is 0 Å². The third-order valence-electron chi connectivity index (χ3n) is 3.11. The first-order chi connectivity index (χ1) is 9.19. The molecule has 0 saturated heterocycles. The standard InChI is InChI=1S/C14H22N2O3S/c1-9(2)8-16-14(17)12-6-10(3)11(4)13(7-12)20(18,19)15-5/h6-7,9,15H,8H2,1-5H3,(H,16,17). The minimum Gasteiger partial charge on any atom is -0.352 e. The second-order valence-corrected chi connectivity index (χ2v) is 7.08. The lowest BCUT2D eigenvalue weighted by Gasteiger charge is -2.13. The van der Waals surface area contributed by atoms with E-state index in [0.29, 0.717) is 23.6 Å². The second kappa shape index (κ2) is 6.37. The molecule has 0 bridgehead atoms. The Kier molecular flexibility index (Phi) is 5.30. The Balaban J connectivity index is 3.22. The molecule has 0 radical (unpaired) electrons. The molecule has 0 unspecified atom stereocenters. The molecule has 1 aromatic carbocycles. The predicted molar refractivity (Wildman–Crippen MR) is 79.3 cm³/mol. The van der Waals surface area contributed by atoms with Crippen molar-refractivity contribution in [3.8, 4) is 0 Å². The summed E-state index contributed by atoms with van der Waals surface area (Å²) >= 11 is 0. The van der Waals surface area contributed by atoms with E-state index < -0.39 is 10.0 Å². The van der Waals surface area contributed by atoms with Crippen LogP contribution in [0.4, 0.5) is 0 Å². The van der Waals surface area contributed by atoms with Crippen LogP contribution in [0.15, 0.2) is 17.0 Å². The van der Waals surface area contributed by atoms with Crippen molar-refractivity contribution in [3.05, 3.63) is 28.8 Å². The second-order valence-electron chi connectivity index (χ2n) is 5.23. The number of sulfonamides is 1. The lowest BCUT2D eigenvalue weighted by Crippen LogP contribution is -2.28. The van der Waals surface area contributed by atoms with Crippen LogP contribution >= 0.6 is 0 Å². The van der Waals surface area contributed by atoms with Crippen molar-refractivity contribution in [1.29, 1.82) is 0 Å². The van der Waals surface area contributed by atoms with Crippen LogP contribution in [0.25, 0.3) is 0 Å². The van der Waals surface area contributed by atoms with E-state index in [9.17, 15) is 13.2 Å². The number of carbonyl (C=O) groups excluding carboxylic acids is 1. The highest BCUT2D eigenvalue weighted by Crippen LogP contribution is 2.21. The summed E-state index contributed by atoms with van der Waals surface area (Å²) in [4.78, 5) is 12.2. The van der Waals surface area contributed by atoms with Gasteiger partial charge in [-0.05, 0) is 50.1 Å². The third-order valence-corrected chi connectivity index (χ3v) is 4.65. The number of carbonyl (C=O) groups is 1. The molecule has 112 valence electrons. The molecule has 5 nitrogen and oxygen atoms in total. The molecular formula is C14H22N2O3S. The number of amides is 1. The highest BCUT2D eigenvalue weighted by atomic mass is 32.2. The number of nitrogens with one attached hydrogen (secondary N) is 2. The lowest BCUT2D eigenvalue weighted by molar-refractivity contribution is 0.0948. The average molecular weight is 298 g/mol. The molecule has 1 aromatic rings. The van der Waals surface area contributed by atoms with Crippen molar-refractivity contribution in [2.24, 2.45) is 5.92 Å². The maximum absolute atomic E-state index is 12.1. The topological polar surface area (TPSA) is 75.3 Å². The Bertz CT molecular complexity index is 607. The summed E-state index contributed by atoms with van der Waals surface area (Å²) in [6.45, 7) is 8.08. The largest absolute Gasteiger partial charge is 0.352 e. The van der Waals surface area contributed by atoms with Gasteiger partial charge in [-0.2, -0.15) is 0 Å². The number of hydrogen-bond acceptors (Lipinski definition) is 3. The van der Waals surface area contributed by atoms with Gasteiger partial charge >= 0.3 is 0 Å². The molecular weight excluding hydrogens is 276 g/mol. The first-order valence-electron chi connectivity index (χ1n) is 6.52. The van der Waals surface area contributed by atoms with Crippen molar-refractivity contribution < 1.29 is 13.2 Å². The molecule has 0 aliphatic rings. The minimum absolute atomic E-state index is 0.148. The highest BCUT2D eigenvalue weighted by molar-refractivity contribution is 7.89. The summed E-state index contributed by atoms with van der Waals surface area (Å²) in [5, 5.41) is 2.79. The van der Waals surface area contributed by atoms with E-state index >= 15 is 0 Å².